The largest absolute Gasteiger partial charge is 0.459 e. The molecule has 0 radical (unpaired) electrons. The van der Waals surface area contributed by atoms with Gasteiger partial charge in [-0.15, -0.1) is 0 Å². The maximum Gasteiger partial charge on any atom is 0.411 e. The first-order valence-corrected chi connectivity index (χ1v) is 14.2. The molecular formula is C33H40N2O6. The van der Waals surface area contributed by atoms with E-state index >= 15 is 0 Å². The van der Waals surface area contributed by atoms with Gasteiger partial charge < -0.3 is 19.5 Å². The molecule has 41 heavy (non-hydrogen) atoms. The number of carbonyl (C=O) groups excluding carboxylic acids is 3. The van der Waals surface area contributed by atoms with Crippen LogP contribution in [0, 0.1) is 0 Å². The first-order chi connectivity index (χ1) is 19.6. The van der Waals surface area contributed by atoms with Crippen molar-refractivity contribution in [3.8, 4) is 0 Å². The molecule has 1 N–H and O–H groups in total. The summed E-state index contributed by atoms with van der Waals surface area (Å²) in [5, 5.41) is 5.11. The number of hydrogen-bond donors (Lipinski definition) is 1. The molecule has 0 aromatic heterocycles. The average Bonchev–Trinajstić information content (AvgIpc) is 3.39. The third-order valence-corrected chi connectivity index (χ3v) is 6.90. The molecule has 218 valence electrons. The smallest absolute Gasteiger partial charge is 0.411 e. The van der Waals surface area contributed by atoms with E-state index in [1.165, 1.54) is 4.90 Å². The molecule has 1 aliphatic rings. The minimum atomic E-state index is -0.840. The van der Waals surface area contributed by atoms with Crippen molar-refractivity contribution < 1.29 is 28.6 Å². The van der Waals surface area contributed by atoms with Gasteiger partial charge in [0.25, 0.3) is 0 Å². The van der Waals surface area contributed by atoms with E-state index < -0.39 is 35.7 Å². The molecular weight excluding hydrogens is 520 g/mol. The van der Waals surface area contributed by atoms with Gasteiger partial charge in [-0.3, -0.25) is 9.69 Å². The van der Waals surface area contributed by atoms with Crippen LogP contribution < -0.4 is 5.32 Å². The van der Waals surface area contributed by atoms with E-state index in [-0.39, 0.29) is 25.7 Å². The Kier molecular flexibility index (Phi) is 10.00. The lowest BCUT2D eigenvalue weighted by Crippen LogP contribution is -2.51. The number of carbonyl (C=O) groups is 3. The van der Waals surface area contributed by atoms with Crippen molar-refractivity contribution in [3.63, 3.8) is 0 Å². The molecule has 1 aliphatic heterocycles. The van der Waals surface area contributed by atoms with Gasteiger partial charge in [0.05, 0.1) is 19.3 Å². The Hall–Kier alpha value is -3.91. The van der Waals surface area contributed by atoms with Gasteiger partial charge in [-0.25, -0.2) is 9.59 Å². The fraction of sp³-hybridized carbons (Fsp3) is 0.424. The van der Waals surface area contributed by atoms with Crippen LogP contribution in [0.25, 0.3) is 10.8 Å². The predicted octanol–water partition coefficient (Wildman–Crippen LogP) is 5.76. The molecule has 8 heteroatoms. The summed E-state index contributed by atoms with van der Waals surface area (Å²) in [6.07, 6.45) is 0.410. The maximum absolute atomic E-state index is 13.5. The van der Waals surface area contributed by atoms with Crippen LogP contribution in [-0.4, -0.2) is 53.2 Å². The molecule has 3 aromatic rings. The van der Waals surface area contributed by atoms with Gasteiger partial charge in [-0.1, -0.05) is 80.1 Å². The molecule has 2 amide bonds. The summed E-state index contributed by atoms with van der Waals surface area (Å²) in [6, 6.07) is 22.0. The van der Waals surface area contributed by atoms with Crippen LogP contribution in [0.4, 0.5) is 4.79 Å². The van der Waals surface area contributed by atoms with Crippen molar-refractivity contribution in [1.82, 2.24) is 10.2 Å². The summed E-state index contributed by atoms with van der Waals surface area (Å²) in [6.45, 7) is 7.95. The maximum atomic E-state index is 13.5. The van der Waals surface area contributed by atoms with Crippen LogP contribution in [0.2, 0.25) is 0 Å². The number of esters is 1. The molecule has 3 atom stereocenters. The topological polar surface area (TPSA) is 94.2 Å². The van der Waals surface area contributed by atoms with E-state index in [0.29, 0.717) is 19.4 Å². The SMILES string of the molecule is CCC[C@H](NC(=O)[C@@H]1C[C@@H](OCc2ccc3ccccc3c2)CN1C(=O)OC(C)(C)C)C(=O)OCc1ccccc1. The van der Waals surface area contributed by atoms with Crippen molar-refractivity contribution in [3.05, 3.63) is 83.9 Å². The fourth-order valence-corrected chi connectivity index (χ4v) is 4.87. The summed E-state index contributed by atoms with van der Waals surface area (Å²) in [5.74, 6) is -0.933. The van der Waals surface area contributed by atoms with Crippen molar-refractivity contribution >= 4 is 28.7 Å². The Morgan fingerprint density at radius 3 is 2.34 bits per heavy atom. The third kappa shape index (κ3) is 8.54. The van der Waals surface area contributed by atoms with Crippen molar-refractivity contribution in [1.29, 1.82) is 0 Å². The molecule has 3 aromatic carbocycles. The molecule has 0 saturated carbocycles. The van der Waals surface area contributed by atoms with Crippen molar-refractivity contribution in [2.45, 2.75) is 84.0 Å². The van der Waals surface area contributed by atoms with Gasteiger partial charge in [0.1, 0.15) is 24.3 Å². The van der Waals surface area contributed by atoms with Gasteiger partial charge >= 0.3 is 12.1 Å². The lowest BCUT2D eigenvalue weighted by molar-refractivity contribution is -0.149. The lowest BCUT2D eigenvalue weighted by Gasteiger charge is -2.28. The summed E-state index contributed by atoms with van der Waals surface area (Å²) >= 11 is 0. The van der Waals surface area contributed by atoms with Crippen molar-refractivity contribution in [2.75, 3.05) is 6.54 Å². The minimum Gasteiger partial charge on any atom is -0.459 e. The van der Waals surface area contributed by atoms with Gasteiger partial charge in [0, 0.05) is 6.42 Å². The molecule has 8 nitrogen and oxygen atoms in total. The van der Waals surface area contributed by atoms with Crippen LogP contribution in [-0.2, 0) is 37.0 Å². The number of rotatable bonds is 10. The zero-order valence-electron chi connectivity index (χ0n) is 24.3. The molecule has 0 unspecified atom stereocenters. The van der Waals surface area contributed by atoms with Crippen LogP contribution >= 0.6 is 0 Å². The van der Waals surface area contributed by atoms with Gasteiger partial charge in [0.2, 0.25) is 5.91 Å². The van der Waals surface area contributed by atoms with E-state index in [2.05, 4.69) is 29.6 Å². The predicted molar refractivity (Wildman–Crippen MR) is 157 cm³/mol. The zero-order valence-corrected chi connectivity index (χ0v) is 24.3. The number of ether oxygens (including phenoxy) is 3. The third-order valence-electron chi connectivity index (χ3n) is 6.90. The van der Waals surface area contributed by atoms with Gasteiger partial charge in [-0.05, 0) is 55.2 Å². The van der Waals surface area contributed by atoms with E-state index in [1.54, 1.807) is 20.8 Å². The molecule has 1 saturated heterocycles. The summed E-state index contributed by atoms with van der Waals surface area (Å²) in [4.78, 5) is 41.0. The van der Waals surface area contributed by atoms with Crippen molar-refractivity contribution in [2.24, 2.45) is 0 Å². The number of benzene rings is 3. The molecule has 4 rings (SSSR count). The highest BCUT2D eigenvalue weighted by molar-refractivity contribution is 5.90. The fourth-order valence-electron chi connectivity index (χ4n) is 4.87. The second-order valence-electron chi connectivity index (χ2n) is 11.4. The number of hydrogen-bond acceptors (Lipinski definition) is 6. The standard InChI is InChI=1S/C33H40N2O6/c1-5-11-28(31(37)40-21-23-12-7-6-8-13-23)34-30(36)29-19-27(20-35(29)32(38)41-33(2,3)4)39-22-24-16-17-25-14-9-10-15-26(25)18-24/h6-10,12-18,27-29H,5,11,19-22H2,1-4H3,(H,34,36)/t27-,28+,29+/m1/s1. The Bertz CT molecular complexity index is 1340. The molecule has 0 bridgehead atoms. The van der Waals surface area contributed by atoms with E-state index in [4.69, 9.17) is 14.2 Å². The van der Waals surface area contributed by atoms with E-state index in [0.717, 1.165) is 21.9 Å². The van der Waals surface area contributed by atoms with E-state index in [1.807, 2.05) is 55.5 Å². The second-order valence-corrected chi connectivity index (χ2v) is 11.4. The van der Waals surface area contributed by atoms with Gasteiger partial charge in [0.15, 0.2) is 0 Å². The highest BCUT2D eigenvalue weighted by Gasteiger charge is 2.43. The number of amides is 2. The van der Waals surface area contributed by atoms with Crippen LogP contribution in [0.15, 0.2) is 72.8 Å². The lowest BCUT2D eigenvalue weighted by atomic mass is 10.1. The highest BCUT2D eigenvalue weighted by atomic mass is 16.6. The summed E-state index contributed by atoms with van der Waals surface area (Å²) < 4.78 is 17.3. The van der Waals surface area contributed by atoms with Crippen LogP contribution in [0.1, 0.15) is 58.1 Å². The Balaban J connectivity index is 1.43. The number of nitrogens with one attached hydrogen (secondary N) is 1. The minimum absolute atomic E-state index is 0.119. The average molecular weight is 561 g/mol. The Morgan fingerprint density at radius 1 is 0.927 bits per heavy atom. The number of fused-ring (bicyclic) bond motifs is 1. The highest BCUT2D eigenvalue weighted by Crippen LogP contribution is 2.25. The molecule has 1 heterocycles. The normalized spacial score (nSPS) is 17.7. The summed E-state index contributed by atoms with van der Waals surface area (Å²) in [5.41, 5.74) is 1.14. The molecule has 1 fully saturated rings. The zero-order chi connectivity index (χ0) is 29.4. The first kappa shape index (κ1) is 30.1. The second kappa shape index (κ2) is 13.6. The Morgan fingerprint density at radius 2 is 1.63 bits per heavy atom. The molecule has 0 spiro atoms. The first-order valence-electron chi connectivity index (χ1n) is 14.2. The van der Waals surface area contributed by atoms with Gasteiger partial charge in [-0.2, -0.15) is 0 Å². The monoisotopic (exact) mass is 560 g/mol. The van der Waals surface area contributed by atoms with E-state index in [9.17, 15) is 14.4 Å². The number of nitrogens with zero attached hydrogens (tertiary/aromatic N) is 1. The summed E-state index contributed by atoms with van der Waals surface area (Å²) in [7, 11) is 0. The Labute approximate surface area is 242 Å². The molecule has 0 aliphatic carbocycles. The number of likely N-dealkylation sites (tertiary alicyclic amines) is 1. The van der Waals surface area contributed by atoms with Crippen LogP contribution in [0.3, 0.4) is 0 Å². The van der Waals surface area contributed by atoms with Crippen LogP contribution in [0.5, 0.6) is 0 Å². The quantitative estimate of drug-likeness (QED) is 0.317.